The van der Waals surface area contributed by atoms with Crippen LogP contribution in [0.4, 0.5) is 8.78 Å². The number of guanidine groups is 1. The lowest BCUT2D eigenvalue weighted by Gasteiger charge is -2.41. The first-order chi connectivity index (χ1) is 18.0. The molecule has 5 rings (SSSR count). The minimum atomic E-state index is -3.10. The second kappa shape index (κ2) is 9.06. The second-order valence-corrected chi connectivity index (χ2v) is 11.0. The Morgan fingerprint density at radius 2 is 1.87 bits per heavy atom. The third kappa shape index (κ3) is 3.85. The molecule has 0 saturated heterocycles. The highest BCUT2D eigenvalue weighted by atomic mass is 19.3. The normalized spacial score (nSPS) is 24.6. The van der Waals surface area contributed by atoms with Crippen LogP contribution in [0.1, 0.15) is 92.5 Å². The summed E-state index contributed by atoms with van der Waals surface area (Å²) in [5.74, 6) is -2.97. The molecule has 7 nitrogen and oxygen atoms in total. The van der Waals surface area contributed by atoms with Crippen LogP contribution in [0.5, 0.6) is 5.75 Å². The summed E-state index contributed by atoms with van der Waals surface area (Å²) in [6.45, 7) is 7.31. The van der Waals surface area contributed by atoms with E-state index in [0.29, 0.717) is 48.3 Å². The molecule has 0 radical (unpaired) electrons. The van der Waals surface area contributed by atoms with Crippen molar-refractivity contribution in [3.05, 3.63) is 64.7 Å². The zero-order valence-electron chi connectivity index (χ0n) is 22.2. The number of alkyl halides is 2. The number of aliphatic imine (C=N–C) groups is 1. The van der Waals surface area contributed by atoms with Gasteiger partial charge in [0.25, 0.3) is 11.8 Å². The molecule has 0 fully saturated rings. The molecule has 1 aliphatic carbocycles. The minimum absolute atomic E-state index is 0.0668. The molecule has 2 heterocycles. The number of fused-ring (bicyclic) bond motifs is 2. The van der Waals surface area contributed by atoms with Crippen LogP contribution in [0.15, 0.2) is 47.5 Å². The maximum atomic E-state index is 15.3. The van der Waals surface area contributed by atoms with Gasteiger partial charge in [0, 0.05) is 23.1 Å². The molecule has 9 heteroatoms. The van der Waals surface area contributed by atoms with Gasteiger partial charge in [-0.1, -0.05) is 52.0 Å². The van der Waals surface area contributed by atoms with Gasteiger partial charge in [0.05, 0.1) is 36.1 Å². The standard InChI is InChI=1S/C29H34F2N4O3/c1-5-28(6-2)16-23(36)35(26(32)34-28)21-13-14-38-22-12-11-17(15-19(21)22)25(37)33-24-18-9-7-8-10-20(18)29(30,31)27(24,3)4/h7-12,15,21,24H,5-6,13-14,16H2,1-4H3,(H2,32,34)(H,33,37)/t21-,24?/m1/s1. The smallest absolute Gasteiger partial charge is 0.280 e. The Balaban J connectivity index is 1.46. The molecule has 2 atom stereocenters. The van der Waals surface area contributed by atoms with Crippen molar-refractivity contribution in [1.29, 1.82) is 0 Å². The van der Waals surface area contributed by atoms with E-state index in [2.05, 4.69) is 5.32 Å². The van der Waals surface area contributed by atoms with Crippen LogP contribution < -0.4 is 15.8 Å². The first-order valence-electron chi connectivity index (χ1n) is 13.2. The van der Waals surface area contributed by atoms with Gasteiger partial charge in [-0.05, 0) is 36.6 Å². The van der Waals surface area contributed by atoms with E-state index in [1.165, 1.54) is 24.8 Å². The second-order valence-electron chi connectivity index (χ2n) is 11.0. The predicted molar refractivity (Wildman–Crippen MR) is 140 cm³/mol. The maximum absolute atomic E-state index is 15.3. The van der Waals surface area contributed by atoms with Crippen LogP contribution in [-0.4, -0.2) is 34.8 Å². The van der Waals surface area contributed by atoms with Gasteiger partial charge < -0.3 is 15.8 Å². The highest BCUT2D eigenvalue weighted by Crippen LogP contribution is 2.59. The molecule has 0 bridgehead atoms. The fourth-order valence-electron chi connectivity index (χ4n) is 6.03. The van der Waals surface area contributed by atoms with Gasteiger partial charge >= 0.3 is 0 Å². The van der Waals surface area contributed by atoms with Gasteiger partial charge in [0.15, 0.2) is 5.96 Å². The lowest BCUT2D eigenvalue weighted by atomic mass is 9.82. The first kappa shape index (κ1) is 26.1. The van der Waals surface area contributed by atoms with Crippen LogP contribution in [0, 0.1) is 5.41 Å². The summed E-state index contributed by atoms with van der Waals surface area (Å²) in [7, 11) is 0. The number of carbonyl (C=O) groups excluding carboxylic acids is 2. The molecule has 0 spiro atoms. The number of nitrogens with zero attached hydrogens (tertiary/aromatic N) is 2. The molecular weight excluding hydrogens is 490 g/mol. The van der Waals surface area contributed by atoms with Gasteiger partial charge in [-0.15, -0.1) is 0 Å². The van der Waals surface area contributed by atoms with Crippen molar-refractivity contribution < 1.29 is 23.1 Å². The van der Waals surface area contributed by atoms with Gasteiger partial charge in [-0.3, -0.25) is 14.5 Å². The SMILES string of the molecule is CCC1(CC)CC(=O)N([C@@H]2CCOc3ccc(C(=O)NC4c5ccccc5C(F)(F)C4(C)C)cc32)C(N)=N1. The Morgan fingerprint density at radius 3 is 2.55 bits per heavy atom. The van der Waals surface area contributed by atoms with Gasteiger partial charge in [-0.25, -0.2) is 13.8 Å². The number of rotatable bonds is 5. The highest BCUT2D eigenvalue weighted by molar-refractivity contribution is 6.00. The molecule has 38 heavy (non-hydrogen) atoms. The van der Waals surface area contributed by atoms with Crippen molar-refractivity contribution in [2.24, 2.45) is 16.1 Å². The quantitative estimate of drug-likeness (QED) is 0.561. The average molecular weight is 525 g/mol. The zero-order chi connectivity index (χ0) is 27.5. The summed E-state index contributed by atoms with van der Waals surface area (Å²) in [5.41, 5.74) is 5.61. The number of hydrogen-bond donors (Lipinski definition) is 2. The molecule has 0 aromatic heterocycles. The number of nitrogens with one attached hydrogen (secondary N) is 1. The zero-order valence-corrected chi connectivity index (χ0v) is 22.2. The lowest BCUT2D eigenvalue weighted by molar-refractivity contribution is -0.132. The van der Waals surface area contributed by atoms with Gasteiger partial charge in [-0.2, -0.15) is 0 Å². The van der Waals surface area contributed by atoms with E-state index in [9.17, 15) is 9.59 Å². The Bertz CT molecular complexity index is 1320. The number of carbonyl (C=O) groups is 2. The molecule has 2 aliphatic heterocycles. The van der Waals surface area contributed by atoms with Crippen LogP contribution in [0.25, 0.3) is 0 Å². The summed E-state index contributed by atoms with van der Waals surface area (Å²) >= 11 is 0. The highest BCUT2D eigenvalue weighted by Gasteiger charge is 2.60. The molecule has 2 aromatic carbocycles. The molecule has 1 unspecified atom stereocenters. The number of ether oxygens (including phenoxy) is 1. The van der Waals surface area contributed by atoms with Crippen LogP contribution in [-0.2, 0) is 10.7 Å². The van der Waals surface area contributed by atoms with Crippen LogP contribution in [0.2, 0.25) is 0 Å². The molecule has 3 N–H and O–H groups in total. The van der Waals surface area contributed by atoms with E-state index < -0.39 is 34.9 Å². The van der Waals surface area contributed by atoms with Crippen molar-refractivity contribution in [3.8, 4) is 5.75 Å². The van der Waals surface area contributed by atoms with Gasteiger partial charge in [0.1, 0.15) is 5.75 Å². The third-order valence-electron chi connectivity index (χ3n) is 8.67. The van der Waals surface area contributed by atoms with Gasteiger partial charge in [0.2, 0.25) is 5.91 Å². The lowest BCUT2D eigenvalue weighted by Crippen LogP contribution is -2.53. The molecule has 2 aromatic rings. The number of hydrogen-bond acceptors (Lipinski definition) is 5. The number of halogens is 2. The van der Waals surface area contributed by atoms with Crippen molar-refractivity contribution in [3.63, 3.8) is 0 Å². The summed E-state index contributed by atoms with van der Waals surface area (Å²) in [6, 6.07) is 9.97. The molecule has 202 valence electrons. The first-order valence-corrected chi connectivity index (χ1v) is 13.2. The van der Waals surface area contributed by atoms with E-state index in [0.717, 1.165) is 0 Å². The molecule has 3 aliphatic rings. The fourth-order valence-corrected chi connectivity index (χ4v) is 6.03. The Morgan fingerprint density at radius 1 is 1.16 bits per heavy atom. The van der Waals surface area contributed by atoms with E-state index in [1.54, 1.807) is 36.4 Å². The largest absolute Gasteiger partial charge is 0.493 e. The van der Waals surface area contributed by atoms with E-state index in [4.69, 9.17) is 15.5 Å². The Labute approximate surface area is 221 Å². The van der Waals surface area contributed by atoms with E-state index in [-0.39, 0.29) is 23.9 Å². The fraction of sp³-hybridized carbons (Fsp3) is 0.483. The summed E-state index contributed by atoms with van der Waals surface area (Å²) in [4.78, 5) is 33.0. The summed E-state index contributed by atoms with van der Waals surface area (Å²) in [5, 5.41) is 2.85. The Hall–Kier alpha value is -3.49. The van der Waals surface area contributed by atoms with Crippen molar-refractivity contribution in [2.45, 2.75) is 76.9 Å². The Kier molecular flexibility index (Phi) is 6.23. The number of benzene rings is 2. The van der Waals surface area contributed by atoms with Crippen molar-refractivity contribution >= 4 is 17.8 Å². The van der Waals surface area contributed by atoms with Crippen LogP contribution in [0.3, 0.4) is 0 Å². The van der Waals surface area contributed by atoms with Crippen molar-refractivity contribution in [1.82, 2.24) is 10.2 Å². The van der Waals surface area contributed by atoms with E-state index >= 15 is 8.78 Å². The summed E-state index contributed by atoms with van der Waals surface area (Å²) in [6.07, 6.45) is 2.16. The predicted octanol–water partition coefficient (Wildman–Crippen LogP) is 5.22. The number of nitrogens with two attached hydrogens (primary N) is 1. The van der Waals surface area contributed by atoms with Crippen molar-refractivity contribution in [2.75, 3.05) is 6.61 Å². The average Bonchev–Trinajstić information content (AvgIpc) is 3.05. The van der Waals surface area contributed by atoms with E-state index in [1.807, 2.05) is 13.8 Å². The molecule has 0 saturated carbocycles. The third-order valence-corrected chi connectivity index (χ3v) is 8.67. The number of amides is 2. The monoisotopic (exact) mass is 524 g/mol. The topological polar surface area (TPSA) is 97.0 Å². The maximum Gasteiger partial charge on any atom is 0.280 e. The summed E-state index contributed by atoms with van der Waals surface area (Å²) < 4.78 is 36.3. The molecular formula is C29H34F2N4O3. The molecule has 2 amide bonds. The minimum Gasteiger partial charge on any atom is -0.493 e. The van der Waals surface area contributed by atoms with Crippen LogP contribution >= 0.6 is 0 Å².